The van der Waals surface area contributed by atoms with Gasteiger partial charge in [-0.15, -0.1) is 0 Å². The minimum atomic E-state index is -3.93. The summed E-state index contributed by atoms with van der Waals surface area (Å²) in [5.41, 5.74) is 0.264. The van der Waals surface area contributed by atoms with Crippen LogP contribution in [0.3, 0.4) is 0 Å². The molecule has 1 heterocycles. The van der Waals surface area contributed by atoms with Gasteiger partial charge in [-0.1, -0.05) is 0 Å². The van der Waals surface area contributed by atoms with E-state index in [2.05, 4.69) is 15.4 Å². The zero-order valence-electron chi connectivity index (χ0n) is 17.9. The molecule has 9 nitrogen and oxygen atoms in total. The van der Waals surface area contributed by atoms with Crippen molar-refractivity contribution in [1.82, 2.24) is 4.72 Å². The number of anilines is 2. The van der Waals surface area contributed by atoms with E-state index in [1.807, 2.05) is 0 Å². The van der Waals surface area contributed by atoms with Gasteiger partial charge in [-0.3, -0.25) is 9.59 Å². The van der Waals surface area contributed by atoms with Gasteiger partial charge in [0.2, 0.25) is 10.0 Å². The third-order valence-electron chi connectivity index (χ3n) is 4.32. The quantitative estimate of drug-likeness (QED) is 0.648. The number of ether oxygens (including phenoxy) is 2. The molecule has 0 spiro atoms. The molecule has 0 saturated carbocycles. The van der Waals surface area contributed by atoms with E-state index < -0.39 is 27.6 Å². The van der Waals surface area contributed by atoms with Gasteiger partial charge in [-0.2, -0.15) is 0 Å². The molecule has 2 aromatic carbocycles. The van der Waals surface area contributed by atoms with Crippen LogP contribution < -0.4 is 24.8 Å². The molecule has 2 amide bonds. The Morgan fingerprint density at radius 2 is 1.87 bits per heavy atom. The number of methoxy groups -OCH3 is 1. The first-order valence-electron chi connectivity index (χ1n) is 9.54. The molecule has 0 saturated heterocycles. The number of sulfonamides is 1. The average Bonchev–Trinajstić information content (AvgIpc) is 2.66. The number of hydrogen-bond acceptors (Lipinski definition) is 6. The van der Waals surface area contributed by atoms with E-state index in [1.165, 1.54) is 25.3 Å². The number of benzene rings is 2. The van der Waals surface area contributed by atoms with Gasteiger partial charge in [0.05, 0.1) is 12.8 Å². The summed E-state index contributed by atoms with van der Waals surface area (Å²) in [6.45, 7) is 6.78. The summed E-state index contributed by atoms with van der Waals surface area (Å²) in [7, 11) is -2.58. The van der Waals surface area contributed by atoms with E-state index in [4.69, 9.17) is 9.47 Å². The van der Waals surface area contributed by atoms with Crippen LogP contribution in [0.1, 0.15) is 38.1 Å². The molecule has 1 aliphatic heterocycles. The number of amides is 2. The molecule has 166 valence electrons. The highest BCUT2D eigenvalue weighted by Gasteiger charge is 2.27. The number of carbonyl (C=O) groups is 2. The Morgan fingerprint density at radius 1 is 1.16 bits per heavy atom. The first-order chi connectivity index (χ1) is 14.4. The van der Waals surface area contributed by atoms with Gasteiger partial charge in [-0.05, 0) is 64.1 Å². The van der Waals surface area contributed by atoms with Gasteiger partial charge in [0.25, 0.3) is 11.8 Å². The van der Waals surface area contributed by atoms with Crippen LogP contribution in [-0.2, 0) is 14.8 Å². The molecular formula is C21H25N3O6S. The molecule has 1 unspecified atom stereocenters. The Bertz CT molecular complexity index is 1140. The molecule has 1 atom stereocenters. The van der Waals surface area contributed by atoms with Crippen molar-refractivity contribution in [3.05, 3.63) is 42.0 Å². The molecule has 0 aliphatic carbocycles. The Kier molecular flexibility index (Phi) is 5.97. The minimum absolute atomic E-state index is 0.121. The lowest BCUT2D eigenvalue weighted by molar-refractivity contribution is -0.122. The van der Waals surface area contributed by atoms with Gasteiger partial charge in [0, 0.05) is 16.8 Å². The van der Waals surface area contributed by atoms with Crippen LogP contribution >= 0.6 is 0 Å². The van der Waals surface area contributed by atoms with E-state index in [1.54, 1.807) is 45.9 Å². The molecule has 10 heteroatoms. The largest absolute Gasteiger partial charge is 0.495 e. The zero-order chi connectivity index (χ0) is 23.0. The second-order valence-corrected chi connectivity index (χ2v) is 9.79. The van der Waals surface area contributed by atoms with Crippen molar-refractivity contribution in [2.24, 2.45) is 0 Å². The van der Waals surface area contributed by atoms with E-state index in [-0.39, 0.29) is 22.1 Å². The van der Waals surface area contributed by atoms with Crippen molar-refractivity contribution in [3.8, 4) is 11.5 Å². The fourth-order valence-electron chi connectivity index (χ4n) is 2.98. The monoisotopic (exact) mass is 447 g/mol. The Labute approximate surface area is 181 Å². The summed E-state index contributed by atoms with van der Waals surface area (Å²) in [6.07, 6.45) is -0.602. The van der Waals surface area contributed by atoms with Crippen LogP contribution in [-0.4, -0.2) is 39.0 Å². The van der Waals surface area contributed by atoms with E-state index in [0.29, 0.717) is 17.1 Å². The van der Waals surface area contributed by atoms with Gasteiger partial charge >= 0.3 is 0 Å². The van der Waals surface area contributed by atoms with Crippen LogP contribution in [0, 0.1) is 0 Å². The summed E-state index contributed by atoms with van der Waals surface area (Å²) < 4.78 is 38.8. The number of nitrogens with one attached hydrogen (secondary N) is 3. The van der Waals surface area contributed by atoms with Crippen LogP contribution in [0.5, 0.6) is 11.5 Å². The number of fused-ring (bicyclic) bond motifs is 1. The normalized spacial score (nSPS) is 16.0. The van der Waals surface area contributed by atoms with Crippen molar-refractivity contribution >= 4 is 33.2 Å². The lowest BCUT2D eigenvalue weighted by Crippen LogP contribution is -2.40. The Morgan fingerprint density at radius 3 is 2.52 bits per heavy atom. The number of hydrogen-bond donors (Lipinski definition) is 3. The maximum Gasteiger partial charge on any atom is 0.265 e. The third-order valence-corrected chi connectivity index (χ3v) is 6.10. The molecule has 31 heavy (non-hydrogen) atoms. The van der Waals surface area contributed by atoms with Gasteiger partial charge in [0.15, 0.2) is 6.10 Å². The average molecular weight is 448 g/mol. The highest BCUT2D eigenvalue weighted by molar-refractivity contribution is 7.89. The topological polar surface area (TPSA) is 123 Å². The molecule has 1 aliphatic rings. The molecule has 2 aromatic rings. The highest BCUT2D eigenvalue weighted by Crippen LogP contribution is 2.32. The second-order valence-electron chi connectivity index (χ2n) is 8.14. The number of carbonyl (C=O) groups excluding carboxylic acids is 2. The molecule has 0 radical (unpaired) electrons. The maximum absolute atomic E-state index is 12.8. The zero-order valence-corrected chi connectivity index (χ0v) is 18.7. The molecule has 0 aromatic heterocycles. The Hall–Kier alpha value is -3.11. The van der Waals surface area contributed by atoms with Gasteiger partial charge < -0.3 is 20.1 Å². The Balaban J connectivity index is 1.88. The lowest BCUT2D eigenvalue weighted by Gasteiger charge is -2.23. The molecule has 0 bridgehead atoms. The first-order valence-corrected chi connectivity index (χ1v) is 11.0. The number of rotatable bonds is 5. The summed E-state index contributed by atoms with van der Waals surface area (Å²) in [5.74, 6) is -0.189. The van der Waals surface area contributed by atoms with E-state index in [9.17, 15) is 18.0 Å². The molecule has 0 fully saturated rings. The van der Waals surface area contributed by atoms with Crippen LogP contribution in [0.15, 0.2) is 41.3 Å². The molecule has 3 N–H and O–H groups in total. The van der Waals surface area contributed by atoms with Gasteiger partial charge in [-0.25, -0.2) is 13.1 Å². The van der Waals surface area contributed by atoms with Crippen molar-refractivity contribution in [1.29, 1.82) is 0 Å². The van der Waals surface area contributed by atoms with E-state index >= 15 is 0 Å². The van der Waals surface area contributed by atoms with Crippen molar-refractivity contribution in [2.75, 3.05) is 17.7 Å². The summed E-state index contributed by atoms with van der Waals surface area (Å²) in [5, 5.41) is 5.41. The van der Waals surface area contributed by atoms with E-state index in [0.717, 1.165) is 0 Å². The van der Waals surface area contributed by atoms with Crippen LogP contribution in [0.4, 0.5) is 11.4 Å². The standard InChI is InChI=1S/C21H25N3O6S/c1-12-19(25)23-15-11-14(7-9-16(15)30-12)22-20(26)13-6-8-17(29-5)18(10-13)31(27,28)24-21(2,3)4/h6-12,24H,1-5H3,(H,22,26)(H,23,25). The van der Waals surface area contributed by atoms with Crippen LogP contribution in [0.25, 0.3) is 0 Å². The van der Waals surface area contributed by atoms with Crippen molar-refractivity contribution in [2.45, 2.75) is 44.2 Å². The fourth-order valence-corrected chi connectivity index (χ4v) is 4.59. The molecule has 3 rings (SSSR count). The fraction of sp³-hybridized carbons (Fsp3) is 0.333. The third kappa shape index (κ3) is 5.15. The SMILES string of the molecule is COc1ccc(C(=O)Nc2ccc3c(c2)NC(=O)C(C)O3)cc1S(=O)(=O)NC(C)(C)C. The van der Waals surface area contributed by atoms with Crippen LogP contribution in [0.2, 0.25) is 0 Å². The first kappa shape index (κ1) is 22.6. The lowest BCUT2D eigenvalue weighted by atomic mass is 10.1. The summed E-state index contributed by atoms with van der Waals surface area (Å²) >= 11 is 0. The summed E-state index contributed by atoms with van der Waals surface area (Å²) in [6, 6.07) is 8.98. The van der Waals surface area contributed by atoms with Crippen molar-refractivity contribution < 1.29 is 27.5 Å². The predicted molar refractivity (Wildman–Crippen MR) is 116 cm³/mol. The van der Waals surface area contributed by atoms with Gasteiger partial charge in [0.1, 0.15) is 16.4 Å². The highest BCUT2D eigenvalue weighted by atomic mass is 32.2. The second kappa shape index (κ2) is 8.20. The summed E-state index contributed by atoms with van der Waals surface area (Å²) in [4.78, 5) is 24.4. The minimum Gasteiger partial charge on any atom is -0.495 e. The predicted octanol–water partition coefficient (Wildman–Crippen LogP) is 2.74. The smallest absolute Gasteiger partial charge is 0.265 e. The maximum atomic E-state index is 12.8. The van der Waals surface area contributed by atoms with Crippen molar-refractivity contribution in [3.63, 3.8) is 0 Å². The molecular weight excluding hydrogens is 422 g/mol.